The van der Waals surface area contributed by atoms with Crippen molar-refractivity contribution in [1.82, 2.24) is 15.1 Å². The lowest BCUT2D eigenvalue weighted by atomic mass is 10.1. The molecule has 0 radical (unpaired) electrons. The first kappa shape index (κ1) is 19.8. The van der Waals surface area contributed by atoms with E-state index >= 15 is 0 Å². The van der Waals surface area contributed by atoms with Crippen LogP contribution in [0.1, 0.15) is 39.0 Å². The molecule has 1 aromatic rings. The number of furan rings is 1. The normalized spacial score (nSPS) is 19.4. The van der Waals surface area contributed by atoms with Crippen molar-refractivity contribution in [1.29, 1.82) is 0 Å². The SMILES string of the molecule is CCNC(=NCC(c1ccco1)N(CC)CC)N(C)CC1CCOC1. The number of rotatable bonds is 9. The zero-order valence-electron chi connectivity index (χ0n) is 16.2. The van der Waals surface area contributed by atoms with Crippen LogP contribution in [-0.2, 0) is 4.74 Å². The van der Waals surface area contributed by atoms with Crippen molar-refractivity contribution in [2.24, 2.45) is 10.9 Å². The van der Waals surface area contributed by atoms with E-state index in [0.717, 1.165) is 57.5 Å². The molecule has 2 atom stereocenters. The molecule has 1 aliphatic rings. The minimum absolute atomic E-state index is 0.168. The Morgan fingerprint density at radius 2 is 2.16 bits per heavy atom. The van der Waals surface area contributed by atoms with E-state index in [1.54, 1.807) is 6.26 Å². The Balaban J connectivity index is 2.07. The van der Waals surface area contributed by atoms with Crippen LogP contribution in [0.2, 0.25) is 0 Å². The summed E-state index contributed by atoms with van der Waals surface area (Å²) in [7, 11) is 2.11. The standard InChI is InChI=1S/C19H34N4O2/c1-5-20-19(22(4)14-16-10-12-24-15-16)21-13-17(23(6-2)7-3)18-9-8-11-25-18/h8-9,11,16-17H,5-7,10,12-15H2,1-4H3,(H,20,21). The number of nitrogens with one attached hydrogen (secondary N) is 1. The molecule has 1 saturated heterocycles. The molecule has 1 aromatic heterocycles. The van der Waals surface area contributed by atoms with E-state index in [2.05, 4.69) is 42.9 Å². The molecule has 0 bridgehead atoms. The van der Waals surface area contributed by atoms with Gasteiger partial charge in [0, 0.05) is 32.7 Å². The van der Waals surface area contributed by atoms with Crippen LogP contribution in [0.3, 0.4) is 0 Å². The third-order valence-corrected chi connectivity index (χ3v) is 4.79. The monoisotopic (exact) mass is 350 g/mol. The van der Waals surface area contributed by atoms with Crippen LogP contribution in [-0.4, -0.2) is 68.7 Å². The zero-order valence-corrected chi connectivity index (χ0v) is 16.2. The Morgan fingerprint density at radius 3 is 2.72 bits per heavy atom. The first-order valence-corrected chi connectivity index (χ1v) is 9.54. The maximum Gasteiger partial charge on any atom is 0.193 e. The molecular formula is C19H34N4O2. The van der Waals surface area contributed by atoms with Crippen LogP contribution in [0.4, 0.5) is 0 Å². The van der Waals surface area contributed by atoms with Crippen molar-refractivity contribution in [3.05, 3.63) is 24.2 Å². The molecule has 2 unspecified atom stereocenters. The van der Waals surface area contributed by atoms with Crippen LogP contribution in [0, 0.1) is 5.92 Å². The Labute approximate surface area is 152 Å². The summed E-state index contributed by atoms with van der Waals surface area (Å²) in [6.45, 7) is 12.7. The van der Waals surface area contributed by atoms with Gasteiger partial charge in [-0.15, -0.1) is 0 Å². The molecule has 0 spiro atoms. The minimum Gasteiger partial charge on any atom is -0.468 e. The van der Waals surface area contributed by atoms with Gasteiger partial charge in [0.1, 0.15) is 5.76 Å². The molecule has 1 fully saturated rings. The van der Waals surface area contributed by atoms with Gasteiger partial charge >= 0.3 is 0 Å². The highest BCUT2D eigenvalue weighted by molar-refractivity contribution is 5.79. The van der Waals surface area contributed by atoms with Crippen molar-refractivity contribution in [2.45, 2.75) is 33.2 Å². The van der Waals surface area contributed by atoms with Gasteiger partial charge in [0.15, 0.2) is 5.96 Å². The molecule has 0 aliphatic carbocycles. The first-order valence-electron chi connectivity index (χ1n) is 9.54. The summed E-state index contributed by atoms with van der Waals surface area (Å²) >= 11 is 0. The second kappa shape index (κ2) is 10.5. The molecule has 1 aliphatic heterocycles. The first-order chi connectivity index (χ1) is 12.2. The van der Waals surface area contributed by atoms with E-state index in [-0.39, 0.29) is 6.04 Å². The summed E-state index contributed by atoms with van der Waals surface area (Å²) < 4.78 is 11.2. The highest BCUT2D eigenvalue weighted by Gasteiger charge is 2.22. The van der Waals surface area contributed by atoms with Crippen molar-refractivity contribution < 1.29 is 9.15 Å². The Morgan fingerprint density at radius 1 is 1.36 bits per heavy atom. The van der Waals surface area contributed by atoms with E-state index in [9.17, 15) is 0 Å². The molecule has 6 nitrogen and oxygen atoms in total. The van der Waals surface area contributed by atoms with Crippen molar-refractivity contribution in [3.63, 3.8) is 0 Å². The van der Waals surface area contributed by atoms with E-state index < -0.39 is 0 Å². The summed E-state index contributed by atoms with van der Waals surface area (Å²) in [6, 6.07) is 4.17. The fourth-order valence-electron chi connectivity index (χ4n) is 3.37. The summed E-state index contributed by atoms with van der Waals surface area (Å²) in [5, 5.41) is 3.42. The fraction of sp³-hybridized carbons (Fsp3) is 0.737. The molecule has 0 aromatic carbocycles. The van der Waals surface area contributed by atoms with Gasteiger partial charge in [-0.05, 0) is 38.6 Å². The van der Waals surface area contributed by atoms with E-state index in [1.165, 1.54) is 0 Å². The molecule has 1 N–H and O–H groups in total. The number of likely N-dealkylation sites (N-methyl/N-ethyl adjacent to an activating group) is 1. The highest BCUT2D eigenvalue weighted by atomic mass is 16.5. The van der Waals surface area contributed by atoms with E-state index in [1.807, 2.05) is 12.1 Å². The van der Waals surface area contributed by atoms with Crippen LogP contribution in [0.15, 0.2) is 27.8 Å². The zero-order chi connectivity index (χ0) is 18.1. The second-order valence-electron chi connectivity index (χ2n) is 6.56. The Bertz CT molecular complexity index is 494. The Hall–Kier alpha value is -1.53. The van der Waals surface area contributed by atoms with Crippen LogP contribution < -0.4 is 5.32 Å². The number of ether oxygens (including phenoxy) is 1. The quantitative estimate of drug-likeness (QED) is 0.548. The molecule has 25 heavy (non-hydrogen) atoms. The lowest BCUT2D eigenvalue weighted by Crippen LogP contribution is -2.42. The second-order valence-corrected chi connectivity index (χ2v) is 6.56. The van der Waals surface area contributed by atoms with Crippen molar-refractivity contribution in [3.8, 4) is 0 Å². The topological polar surface area (TPSA) is 53.2 Å². The van der Waals surface area contributed by atoms with Gasteiger partial charge in [-0.25, -0.2) is 0 Å². The molecular weight excluding hydrogens is 316 g/mol. The summed E-state index contributed by atoms with van der Waals surface area (Å²) in [6.07, 6.45) is 2.88. The van der Waals surface area contributed by atoms with Gasteiger partial charge in [-0.1, -0.05) is 13.8 Å². The van der Waals surface area contributed by atoms with Gasteiger partial charge in [-0.2, -0.15) is 0 Å². The molecule has 0 amide bonds. The van der Waals surface area contributed by atoms with Gasteiger partial charge in [0.25, 0.3) is 0 Å². The lowest BCUT2D eigenvalue weighted by Gasteiger charge is -2.28. The third kappa shape index (κ3) is 5.75. The molecule has 0 saturated carbocycles. The summed E-state index contributed by atoms with van der Waals surface area (Å²) in [5.74, 6) is 2.53. The summed E-state index contributed by atoms with van der Waals surface area (Å²) in [4.78, 5) is 9.53. The largest absolute Gasteiger partial charge is 0.468 e. The van der Waals surface area contributed by atoms with Gasteiger partial charge in [-0.3, -0.25) is 9.89 Å². The molecule has 2 heterocycles. The minimum atomic E-state index is 0.168. The maximum absolute atomic E-state index is 5.68. The average molecular weight is 351 g/mol. The maximum atomic E-state index is 5.68. The molecule has 2 rings (SSSR count). The number of aliphatic imine (C=N–C) groups is 1. The van der Waals surface area contributed by atoms with Gasteiger partial charge in [0.05, 0.1) is 25.5 Å². The highest BCUT2D eigenvalue weighted by Crippen LogP contribution is 2.21. The van der Waals surface area contributed by atoms with E-state index in [0.29, 0.717) is 12.5 Å². The molecule has 6 heteroatoms. The van der Waals surface area contributed by atoms with Crippen LogP contribution in [0.25, 0.3) is 0 Å². The number of hydrogen-bond acceptors (Lipinski definition) is 4. The predicted molar refractivity (Wildman–Crippen MR) is 102 cm³/mol. The van der Waals surface area contributed by atoms with Gasteiger partial charge < -0.3 is 19.4 Å². The average Bonchev–Trinajstić information content (AvgIpc) is 3.31. The fourth-order valence-corrected chi connectivity index (χ4v) is 3.37. The number of guanidine groups is 1. The van der Waals surface area contributed by atoms with Crippen molar-refractivity contribution in [2.75, 3.05) is 53.0 Å². The summed E-state index contributed by atoms with van der Waals surface area (Å²) in [5.41, 5.74) is 0. The lowest BCUT2D eigenvalue weighted by molar-refractivity contribution is 0.181. The van der Waals surface area contributed by atoms with Crippen molar-refractivity contribution >= 4 is 5.96 Å². The van der Waals surface area contributed by atoms with Crippen LogP contribution in [0.5, 0.6) is 0 Å². The Kier molecular flexibility index (Phi) is 8.28. The smallest absolute Gasteiger partial charge is 0.193 e. The number of hydrogen-bond donors (Lipinski definition) is 1. The van der Waals surface area contributed by atoms with Crippen LogP contribution >= 0.6 is 0 Å². The van der Waals surface area contributed by atoms with E-state index in [4.69, 9.17) is 14.1 Å². The third-order valence-electron chi connectivity index (χ3n) is 4.79. The molecule has 142 valence electrons. The number of nitrogens with zero attached hydrogens (tertiary/aromatic N) is 3. The van der Waals surface area contributed by atoms with Gasteiger partial charge in [0.2, 0.25) is 0 Å². The predicted octanol–water partition coefficient (Wildman–Crippen LogP) is 2.60.